The highest BCUT2D eigenvalue weighted by Crippen LogP contribution is 2.15. The average Bonchev–Trinajstić information content (AvgIpc) is 2.64. The van der Waals surface area contributed by atoms with Crippen molar-refractivity contribution in [3.8, 4) is 5.88 Å². The Bertz CT molecular complexity index is 780. The number of nitrogens with one attached hydrogen (secondary N) is 2. The van der Waals surface area contributed by atoms with Gasteiger partial charge in [0, 0.05) is 18.8 Å². The largest absolute Gasteiger partial charge is 0.481 e. The van der Waals surface area contributed by atoms with Crippen LogP contribution in [0, 0.1) is 5.92 Å². The molecule has 0 bridgehead atoms. The smallest absolute Gasteiger partial charge is 0.253 e. The number of nitrogens with zero attached hydrogens (tertiary/aromatic N) is 1. The second-order valence-electron chi connectivity index (χ2n) is 6.10. The maximum atomic E-state index is 12.6. The third-order valence-electron chi connectivity index (χ3n) is 3.83. The van der Waals surface area contributed by atoms with E-state index in [-0.39, 0.29) is 17.7 Å². The number of rotatable bonds is 7. The van der Waals surface area contributed by atoms with Crippen LogP contribution in [0.15, 0.2) is 42.6 Å². The molecule has 2 amide bonds. The Balaban J connectivity index is 2.03. The Hall–Kier alpha value is -2.60. The van der Waals surface area contributed by atoms with Crippen LogP contribution in [-0.4, -0.2) is 29.9 Å². The van der Waals surface area contributed by atoms with Gasteiger partial charge in [0.25, 0.3) is 5.91 Å². The SMILES string of the molecule is COc1cc(CNC(=O)C(NC(=O)c2ccccc2Cl)C(C)C)ccn1. The van der Waals surface area contributed by atoms with Crippen LogP contribution < -0.4 is 15.4 Å². The molecule has 26 heavy (non-hydrogen) atoms. The van der Waals surface area contributed by atoms with E-state index < -0.39 is 6.04 Å². The molecule has 0 aliphatic heterocycles. The number of hydrogen-bond donors (Lipinski definition) is 2. The molecule has 0 aliphatic rings. The maximum absolute atomic E-state index is 12.6. The van der Waals surface area contributed by atoms with E-state index in [1.165, 1.54) is 7.11 Å². The first-order valence-corrected chi connectivity index (χ1v) is 8.62. The number of carbonyl (C=O) groups excluding carboxylic acids is 2. The molecule has 1 heterocycles. The fraction of sp³-hybridized carbons (Fsp3) is 0.316. The van der Waals surface area contributed by atoms with Crippen molar-refractivity contribution < 1.29 is 14.3 Å². The summed E-state index contributed by atoms with van der Waals surface area (Å²) in [6.07, 6.45) is 1.61. The number of methoxy groups -OCH3 is 1. The predicted molar refractivity (Wildman–Crippen MR) is 100 cm³/mol. The molecule has 1 atom stereocenters. The zero-order valence-electron chi connectivity index (χ0n) is 15.0. The Morgan fingerprint density at radius 1 is 1.23 bits per heavy atom. The minimum Gasteiger partial charge on any atom is -0.481 e. The number of amides is 2. The van der Waals surface area contributed by atoms with Crippen molar-refractivity contribution in [1.82, 2.24) is 15.6 Å². The minimum absolute atomic E-state index is 0.0894. The third-order valence-corrected chi connectivity index (χ3v) is 4.16. The second kappa shape index (κ2) is 9.20. The van der Waals surface area contributed by atoms with Gasteiger partial charge in [0.2, 0.25) is 11.8 Å². The third kappa shape index (κ3) is 5.20. The number of ether oxygens (including phenoxy) is 1. The van der Waals surface area contributed by atoms with Gasteiger partial charge in [-0.2, -0.15) is 0 Å². The zero-order chi connectivity index (χ0) is 19.1. The fourth-order valence-corrected chi connectivity index (χ4v) is 2.59. The van der Waals surface area contributed by atoms with E-state index in [0.717, 1.165) is 5.56 Å². The summed E-state index contributed by atoms with van der Waals surface area (Å²) in [5.74, 6) is -0.260. The van der Waals surface area contributed by atoms with Gasteiger partial charge in [-0.05, 0) is 29.7 Å². The van der Waals surface area contributed by atoms with Crippen LogP contribution in [0.1, 0.15) is 29.8 Å². The van der Waals surface area contributed by atoms with Crippen LogP contribution in [0.5, 0.6) is 5.88 Å². The predicted octanol–water partition coefficient (Wildman–Crippen LogP) is 2.81. The second-order valence-corrected chi connectivity index (χ2v) is 6.51. The van der Waals surface area contributed by atoms with E-state index in [1.807, 2.05) is 13.8 Å². The van der Waals surface area contributed by atoms with E-state index in [9.17, 15) is 9.59 Å². The Morgan fingerprint density at radius 3 is 2.62 bits per heavy atom. The highest BCUT2D eigenvalue weighted by molar-refractivity contribution is 6.33. The van der Waals surface area contributed by atoms with Crippen molar-refractivity contribution in [1.29, 1.82) is 0 Å². The lowest BCUT2D eigenvalue weighted by Gasteiger charge is -2.22. The lowest BCUT2D eigenvalue weighted by atomic mass is 10.0. The number of pyridine rings is 1. The first-order chi connectivity index (χ1) is 12.4. The molecule has 2 N–H and O–H groups in total. The Morgan fingerprint density at radius 2 is 1.96 bits per heavy atom. The number of halogens is 1. The maximum Gasteiger partial charge on any atom is 0.253 e. The molecule has 6 nitrogen and oxygen atoms in total. The van der Waals surface area contributed by atoms with Crippen LogP contribution >= 0.6 is 11.6 Å². The van der Waals surface area contributed by atoms with Gasteiger partial charge in [0.15, 0.2) is 0 Å². The van der Waals surface area contributed by atoms with E-state index in [1.54, 1.807) is 42.6 Å². The standard InChI is InChI=1S/C19H22ClN3O3/c1-12(2)17(23-18(24)14-6-4-5-7-15(14)20)19(25)22-11-13-8-9-21-16(10-13)26-3/h4-10,12,17H,11H2,1-3H3,(H,22,25)(H,23,24). The first kappa shape index (κ1) is 19.7. The van der Waals surface area contributed by atoms with Gasteiger partial charge in [-0.3, -0.25) is 9.59 Å². The molecule has 138 valence electrons. The molecule has 2 aromatic rings. The van der Waals surface area contributed by atoms with Crippen molar-refractivity contribution in [2.24, 2.45) is 5.92 Å². The van der Waals surface area contributed by atoms with Crippen LogP contribution in [0.25, 0.3) is 0 Å². The summed E-state index contributed by atoms with van der Waals surface area (Å²) in [5.41, 5.74) is 1.19. The van der Waals surface area contributed by atoms with E-state index >= 15 is 0 Å². The van der Waals surface area contributed by atoms with Crippen molar-refractivity contribution in [3.05, 3.63) is 58.7 Å². The summed E-state index contributed by atoms with van der Waals surface area (Å²) in [6.45, 7) is 4.04. The van der Waals surface area contributed by atoms with Gasteiger partial charge >= 0.3 is 0 Å². The van der Waals surface area contributed by atoms with E-state index in [0.29, 0.717) is 23.0 Å². The van der Waals surface area contributed by atoms with E-state index in [4.69, 9.17) is 16.3 Å². The summed E-state index contributed by atoms with van der Waals surface area (Å²) >= 11 is 6.05. The van der Waals surface area contributed by atoms with Crippen LogP contribution in [-0.2, 0) is 11.3 Å². The van der Waals surface area contributed by atoms with Crippen molar-refractivity contribution >= 4 is 23.4 Å². The lowest BCUT2D eigenvalue weighted by molar-refractivity contribution is -0.124. The van der Waals surface area contributed by atoms with Gasteiger partial charge in [0.1, 0.15) is 6.04 Å². The molecule has 0 saturated heterocycles. The molecule has 0 aliphatic carbocycles. The Labute approximate surface area is 157 Å². The van der Waals surface area contributed by atoms with Crippen LogP contribution in [0.3, 0.4) is 0 Å². The van der Waals surface area contributed by atoms with Gasteiger partial charge in [-0.1, -0.05) is 37.6 Å². The van der Waals surface area contributed by atoms with Crippen molar-refractivity contribution in [3.63, 3.8) is 0 Å². The summed E-state index contributed by atoms with van der Waals surface area (Å²) in [5, 5.41) is 5.94. The molecule has 1 aromatic carbocycles. The van der Waals surface area contributed by atoms with Crippen molar-refractivity contribution in [2.45, 2.75) is 26.4 Å². The molecular weight excluding hydrogens is 354 g/mol. The van der Waals surface area contributed by atoms with Gasteiger partial charge in [0.05, 0.1) is 17.7 Å². The van der Waals surface area contributed by atoms with Gasteiger partial charge in [-0.15, -0.1) is 0 Å². The molecule has 0 saturated carbocycles. The molecular formula is C19H22ClN3O3. The van der Waals surface area contributed by atoms with Crippen LogP contribution in [0.2, 0.25) is 5.02 Å². The number of aromatic nitrogens is 1. The molecule has 0 fully saturated rings. The number of benzene rings is 1. The minimum atomic E-state index is -0.678. The molecule has 1 unspecified atom stereocenters. The first-order valence-electron chi connectivity index (χ1n) is 8.24. The van der Waals surface area contributed by atoms with E-state index in [2.05, 4.69) is 15.6 Å². The number of carbonyl (C=O) groups is 2. The monoisotopic (exact) mass is 375 g/mol. The Kier molecular flexibility index (Phi) is 6.97. The highest BCUT2D eigenvalue weighted by atomic mass is 35.5. The average molecular weight is 376 g/mol. The molecule has 7 heteroatoms. The summed E-state index contributed by atoms with van der Waals surface area (Å²) < 4.78 is 5.07. The van der Waals surface area contributed by atoms with Crippen molar-refractivity contribution in [2.75, 3.05) is 7.11 Å². The fourth-order valence-electron chi connectivity index (χ4n) is 2.37. The molecule has 2 rings (SSSR count). The topological polar surface area (TPSA) is 80.3 Å². The van der Waals surface area contributed by atoms with Gasteiger partial charge in [-0.25, -0.2) is 4.98 Å². The molecule has 0 radical (unpaired) electrons. The quantitative estimate of drug-likeness (QED) is 0.779. The summed E-state index contributed by atoms with van der Waals surface area (Å²) in [6, 6.07) is 9.58. The normalized spacial score (nSPS) is 11.7. The van der Waals surface area contributed by atoms with Crippen LogP contribution in [0.4, 0.5) is 0 Å². The lowest BCUT2D eigenvalue weighted by Crippen LogP contribution is -2.49. The molecule has 1 aromatic heterocycles. The summed E-state index contributed by atoms with van der Waals surface area (Å²) in [7, 11) is 1.53. The van der Waals surface area contributed by atoms with Gasteiger partial charge < -0.3 is 15.4 Å². The molecule has 0 spiro atoms. The summed E-state index contributed by atoms with van der Waals surface area (Å²) in [4.78, 5) is 29.0. The zero-order valence-corrected chi connectivity index (χ0v) is 15.7. The highest BCUT2D eigenvalue weighted by Gasteiger charge is 2.25. The number of hydrogen-bond acceptors (Lipinski definition) is 4.